The standard InChI is InChI=1S/C23H36S/c1-4-18(24)15-17-9-11-20-19-10-8-16-7-5-6-13-22(16,2)21(19)12-14-23(17,20)3/h4,16-17,19-21H,1,5-15H2,2-3H3. The smallest absolute Gasteiger partial charge is 0.0149 e. The van der Waals surface area contributed by atoms with E-state index < -0.39 is 0 Å². The molecule has 0 spiro atoms. The van der Waals surface area contributed by atoms with Gasteiger partial charge in [-0.2, -0.15) is 0 Å². The van der Waals surface area contributed by atoms with Crippen molar-refractivity contribution >= 4 is 17.1 Å². The lowest BCUT2D eigenvalue weighted by molar-refractivity contribution is -0.110. The van der Waals surface area contributed by atoms with Crippen molar-refractivity contribution in [2.75, 3.05) is 0 Å². The number of hydrogen-bond acceptors (Lipinski definition) is 1. The Balaban J connectivity index is 1.57. The SMILES string of the molecule is C=CC(=S)CC1CCC2C3CCC4CCCCC4(C)C3CCC12C. The Labute approximate surface area is 154 Å². The van der Waals surface area contributed by atoms with Crippen molar-refractivity contribution in [3.8, 4) is 0 Å². The first-order valence-electron chi connectivity index (χ1n) is 10.6. The summed E-state index contributed by atoms with van der Waals surface area (Å²) in [6.45, 7) is 9.23. The Bertz CT molecular complexity index is 522. The number of hydrogen-bond donors (Lipinski definition) is 0. The van der Waals surface area contributed by atoms with Crippen LogP contribution in [0.25, 0.3) is 0 Å². The summed E-state index contributed by atoms with van der Waals surface area (Å²) in [6.07, 6.45) is 18.0. The molecule has 4 saturated carbocycles. The molecule has 7 unspecified atom stereocenters. The first-order valence-corrected chi connectivity index (χ1v) is 11.0. The molecular weight excluding hydrogens is 308 g/mol. The van der Waals surface area contributed by atoms with Crippen LogP contribution in [0.5, 0.6) is 0 Å². The topological polar surface area (TPSA) is 0 Å². The minimum Gasteiger partial charge on any atom is -0.0980 e. The Hall–Kier alpha value is -0.170. The third kappa shape index (κ3) is 2.48. The lowest BCUT2D eigenvalue weighted by atomic mass is 9.45. The summed E-state index contributed by atoms with van der Waals surface area (Å²) in [5.41, 5.74) is 1.24. The molecule has 1 heteroatoms. The fourth-order valence-electron chi connectivity index (χ4n) is 8.07. The minimum absolute atomic E-state index is 0.562. The third-order valence-corrected chi connectivity index (χ3v) is 9.79. The molecule has 0 aromatic heterocycles. The van der Waals surface area contributed by atoms with Crippen LogP contribution in [0.4, 0.5) is 0 Å². The molecule has 134 valence electrons. The monoisotopic (exact) mass is 344 g/mol. The number of thiocarbonyl (C=S) groups is 1. The van der Waals surface area contributed by atoms with Gasteiger partial charge in [-0.1, -0.05) is 51.6 Å². The molecule has 4 aliphatic rings. The Morgan fingerprint density at radius 1 is 0.958 bits per heavy atom. The van der Waals surface area contributed by atoms with Crippen molar-refractivity contribution in [2.45, 2.75) is 84.5 Å². The molecule has 0 saturated heterocycles. The highest BCUT2D eigenvalue weighted by Gasteiger charge is 2.59. The van der Waals surface area contributed by atoms with Gasteiger partial charge in [0.2, 0.25) is 0 Å². The van der Waals surface area contributed by atoms with Crippen LogP contribution in [0.15, 0.2) is 12.7 Å². The molecule has 0 bridgehead atoms. The zero-order valence-corrected chi connectivity index (χ0v) is 16.7. The highest BCUT2D eigenvalue weighted by atomic mass is 32.1. The van der Waals surface area contributed by atoms with E-state index in [0.29, 0.717) is 10.8 Å². The molecule has 7 atom stereocenters. The second-order valence-electron chi connectivity index (χ2n) is 10.1. The zero-order valence-electron chi connectivity index (χ0n) is 15.9. The van der Waals surface area contributed by atoms with E-state index in [1.807, 2.05) is 6.08 Å². The van der Waals surface area contributed by atoms with E-state index >= 15 is 0 Å². The molecule has 4 fully saturated rings. The van der Waals surface area contributed by atoms with Crippen molar-refractivity contribution < 1.29 is 0 Å². The van der Waals surface area contributed by atoms with Crippen molar-refractivity contribution in [2.24, 2.45) is 40.4 Å². The normalized spacial score (nSPS) is 50.5. The van der Waals surface area contributed by atoms with Gasteiger partial charge in [0.05, 0.1) is 0 Å². The quantitative estimate of drug-likeness (QED) is 0.393. The summed E-state index contributed by atoms with van der Waals surface area (Å²) in [5, 5.41) is 0. The Morgan fingerprint density at radius 3 is 2.54 bits per heavy atom. The van der Waals surface area contributed by atoms with Gasteiger partial charge < -0.3 is 0 Å². The first kappa shape index (κ1) is 17.3. The number of rotatable bonds is 3. The van der Waals surface area contributed by atoms with Gasteiger partial charge in [-0.05, 0) is 98.2 Å². The van der Waals surface area contributed by atoms with Gasteiger partial charge >= 0.3 is 0 Å². The average Bonchev–Trinajstić information content (AvgIpc) is 2.91. The number of fused-ring (bicyclic) bond motifs is 5. The molecule has 0 nitrogen and oxygen atoms in total. The van der Waals surface area contributed by atoms with Gasteiger partial charge in [-0.3, -0.25) is 0 Å². The van der Waals surface area contributed by atoms with Crippen LogP contribution >= 0.6 is 12.2 Å². The third-order valence-electron chi connectivity index (χ3n) is 9.45. The summed E-state index contributed by atoms with van der Waals surface area (Å²) in [4.78, 5) is 1.10. The predicted octanol–water partition coefficient (Wildman–Crippen LogP) is 6.98. The molecule has 0 heterocycles. The predicted molar refractivity (Wildman–Crippen MR) is 107 cm³/mol. The van der Waals surface area contributed by atoms with Crippen molar-refractivity contribution in [3.05, 3.63) is 12.7 Å². The second kappa shape index (κ2) is 6.22. The van der Waals surface area contributed by atoms with E-state index in [1.165, 1.54) is 64.2 Å². The summed E-state index contributed by atoms with van der Waals surface area (Å²) in [6, 6.07) is 0. The first-order chi connectivity index (χ1) is 11.5. The summed E-state index contributed by atoms with van der Waals surface area (Å²) >= 11 is 5.53. The van der Waals surface area contributed by atoms with Gasteiger partial charge in [0.15, 0.2) is 0 Å². The molecule has 0 radical (unpaired) electrons. The van der Waals surface area contributed by atoms with Crippen LogP contribution in [0, 0.1) is 40.4 Å². The van der Waals surface area contributed by atoms with E-state index in [0.717, 1.165) is 40.9 Å². The lowest BCUT2D eigenvalue weighted by Crippen LogP contribution is -2.52. The maximum absolute atomic E-state index is 5.53. The van der Waals surface area contributed by atoms with E-state index in [9.17, 15) is 0 Å². The lowest BCUT2D eigenvalue weighted by Gasteiger charge is -2.60. The van der Waals surface area contributed by atoms with Crippen LogP contribution < -0.4 is 0 Å². The van der Waals surface area contributed by atoms with Crippen LogP contribution in [0.3, 0.4) is 0 Å². The number of allylic oxidation sites excluding steroid dienone is 1. The summed E-state index contributed by atoms with van der Waals surface area (Å²) < 4.78 is 0. The molecule has 0 aromatic rings. The van der Waals surface area contributed by atoms with Gasteiger partial charge in [0, 0.05) is 4.86 Å². The molecule has 0 N–H and O–H groups in total. The average molecular weight is 345 g/mol. The molecule has 0 aromatic carbocycles. The van der Waals surface area contributed by atoms with Crippen LogP contribution in [-0.2, 0) is 0 Å². The second-order valence-corrected chi connectivity index (χ2v) is 10.6. The molecular formula is C23H36S. The van der Waals surface area contributed by atoms with E-state index in [-0.39, 0.29) is 0 Å². The van der Waals surface area contributed by atoms with Crippen LogP contribution in [0.1, 0.15) is 84.5 Å². The highest BCUT2D eigenvalue weighted by molar-refractivity contribution is 7.80. The van der Waals surface area contributed by atoms with Gasteiger partial charge in [0.1, 0.15) is 0 Å². The molecule has 4 rings (SSSR count). The van der Waals surface area contributed by atoms with Crippen molar-refractivity contribution in [1.82, 2.24) is 0 Å². The fourth-order valence-corrected chi connectivity index (χ4v) is 8.27. The maximum atomic E-state index is 5.53. The van der Waals surface area contributed by atoms with Gasteiger partial charge in [-0.15, -0.1) is 0 Å². The molecule has 24 heavy (non-hydrogen) atoms. The maximum Gasteiger partial charge on any atom is 0.0149 e. The zero-order chi connectivity index (χ0) is 16.9. The van der Waals surface area contributed by atoms with Gasteiger partial charge in [0.25, 0.3) is 0 Å². The molecule has 4 aliphatic carbocycles. The Morgan fingerprint density at radius 2 is 1.75 bits per heavy atom. The van der Waals surface area contributed by atoms with Crippen molar-refractivity contribution in [1.29, 1.82) is 0 Å². The van der Waals surface area contributed by atoms with Gasteiger partial charge in [-0.25, -0.2) is 0 Å². The van der Waals surface area contributed by atoms with Crippen molar-refractivity contribution in [3.63, 3.8) is 0 Å². The largest absolute Gasteiger partial charge is 0.0980 e. The fraction of sp³-hybridized carbons (Fsp3) is 0.870. The summed E-state index contributed by atoms with van der Waals surface area (Å²) in [5.74, 6) is 4.90. The minimum atomic E-state index is 0.562. The van der Waals surface area contributed by atoms with E-state index in [4.69, 9.17) is 12.2 Å². The Kier molecular flexibility index (Phi) is 4.47. The van der Waals surface area contributed by atoms with E-state index in [1.54, 1.807) is 0 Å². The van der Waals surface area contributed by atoms with Crippen LogP contribution in [-0.4, -0.2) is 4.86 Å². The van der Waals surface area contributed by atoms with E-state index in [2.05, 4.69) is 20.4 Å². The molecule has 0 amide bonds. The highest BCUT2D eigenvalue weighted by Crippen LogP contribution is 2.67. The molecule has 0 aliphatic heterocycles. The van der Waals surface area contributed by atoms with Crippen LogP contribution in [0.2, 0.25) is 0 Å². The summed E-state index contributed by atoms with van der Waals surface area (Å²) in [7, 11) is 0.